The van der Waals surface area contributed by atoms with E-state index in [9.17, 15) is 9.59 Å². The van der Waals surface area contributed by atoms with E-state index in [0.29, 0.717) is 6.42 Å². The molecule has 5 nitrogen and oxygen atoms in total. The zero-order valence-corrected chi connectivity index (χ0v) is 16.8. The van der Waals surface area contributed by atoms with Gasteiger partial charge in [0, 0.05) is 31.3 Å². The van der Waals surface area contributed by atoms with Crippen LogP contribution < -0.4 is 4.74 Å². The number of halogens is 1. The molecule has 1 atom stereocenters. The van der Waals surface area contributed by atoms with E-state index in [-0.39, 0.29) is 24.5 Å². The van der Waals surface area contributed by atoms with Crippen LogP contribution in [0.2, 0.25) is 5.02 Å². The highest BCUT2D eigenvalue weighted by atomic mass is 35.5. The number of benzene rings is 2. The summed E-state index contributed by atoms with van der Waals surface area (Å²) in [6.45, 7) is 1.82. The van der Waals surface area contributed by atoms with Gasteiger partial charge in [-0.15, -0.1) is 0 Å². The third kappa shape index (κ3) is 5.04. The minimum atomic E-state index is -1.01. The van der Waals surface area contributed by atoms with Crippen LogP contribution in [0, 0.1) is 0 Å². The SMILES string of the molecule is CN(CC(=O)O)C(=O)CCc1ccc2c(c1)C[C@@](C)(Cc1ccc(Cl)cc1)O2. The summed E-state index contributed by atoms with van der Waals surface area (Å²) in [4.78, 5) is 24.0. The molecular weight excluding hydrogens is 378 g/mol. The molecule has 1 aliphatic heterocycles. The van der Waals surface area contributed by atoms with Gasteiger partial charge >= 0.3 is 5.97 Å². The Hall–Kier alpha value is -2.53. The van der Waals surface area contributed by atoms with Crippen molar-refractivity contribution in [2.24, 2.45) is 0 Å². The summed E-state index contributed by atoms with van der Waals surface area (Å²) < 4.78 is 6.22. The number of aryl methyl sites for hydroxylation is 1. The Morgan fingerprint density at radius 2 is 1.86 bits per heavy atom. The molecule has 2 aromatic rings. The molecule has 28 heavy (non-hydrogen) atoms. The predicted molar refractivity (Wildman–Crippen MR) is 108 cm³/mol. The first-order valence-corrected chi connectivity index (χ1v) is 9.63. The van der Waals surface area contributed by atoms with Crippen molar-refractivity contribution in [2.45, 2.75) is 38.2 Å². The fraction of sp³-hybridized carbons (Fsp3) is 0.364. The van der Waals surface area contributed by atoms with E-state index in [4.69, 9.17) is 21.4 Å². The average molecular weight is 402 g/mol. The van der Waals surface area contributed by atoms with E-state index in [1.807, 2.05) is 36.4 Å². The van der Waals surface area contributed by atoms with Gasteiger partial charge in [-0.2, -0.15) is 0 Å². The molecule has 1 amide bonds. The predicted octanol–water partition coefficient (Wildman–Crippen LogP) is 3.75. The first kappa shape index (κ1) is 20.2. The van der Waals surface area contributed by atoms with Crippen LogP contribution in [-0.4, -0.2) is 41.1 Å². The maximum absolute atomic E-state index is 12.0. The Bertz CT molecular complexity index is 881. The van der Waals surface area contributed by atoms with Gasteiger partial charge in [0.1, 0.15) is 17.9 Å². The summed E-state index contributed by atoms with van der Waals surface area (Å²) in [6, 6.07) is 13.8. The van der Waals surface area contributed by atoms with Crippen LogP contribution in [0.1, 0.15) is 30.0 Å². The molecule has 3 rings (SSSR count). The molecule has 1 N–H and O–H groups in total. The first-order chi connectivity index (χ1) is 13.2. The number of carbonyl (C=O) groups excluding carboxylic acids is 1. The number of likely N-dealkylation sites (N-methyl/N-ethyl adjacent to an activating group) is 1. The zero-order valence-electron chi connectivity index (χ0n) is 16.1. The number of rotatable bonds is 7. The number of ether oxygens (including phenoxy) is 1. The van der Waals surface area contributed by atoms with Gasteiger partial charge in [0.05, 0.1) is 0 Å². The van der Waals surface area contributed by atoms with Gasteiger partial charge in [0.2, 0.25) is 5.91 Å². The molecule has 0 aromatic heterocycles. The van der Waals surface area contributed by atoms with Crippen molar-refractivity contribution >= 4 is 23.5 Å². The normalized spacial score (nSPS) is 17.7. The molecule has 0 saturated heterocycles. The molecule has 1 heterocycles. The summed E-state index contributed by atoms with van der Waals surface area (Å²) >= 11 is 5.96. The van der Waals surface area contributed by atoms with E-state index in [1.54, 1.807) is 0 Å². The third-order valence-electron chi connectivity index (χ3n) is 4.96. The van der Waals surface area contributed by atoms with Crippen LogP contribution in [0.4, 0.5) is 0 Å². The molecule has 0 radical (unpaired) electrons. The number of carboxylic acid groups (broad SMARTS) is 1. The lowest BCUT2D eigenvalue weighted by atomic mass is 9.91. The summed E-state index contributed by atoms with van der Waals surface area (Å²) in [7, 11) is 1.51. The molecule has 0 bridgehead atoms. The Kier molecular flexibility index (Phi) is 5.94. The molecule has 0 unspecified atom stereocenters. The monoisotopic (exact) mass is 401 g/mol. The molecule has 0 aliphatic carbocycles. The van der Waals surface area contributed by atoms with Crippen molar-refractivity contribution in [1.29, 1.82) is 0 Å². The standard InChI is InChI=1S/C22H24ClNO4/c1-22(12-16-3-7-18(23)8-4-16)13-17-11-15(5-9-19(17)28-22)6-10-20(25)24(2)14-21(26)27/h3-5,7-9,11H,6,10,12-14H2,1-2H3,(H,26,27)/t22-/m1/s1. The molecule has 1 aliphatic rings. The van der Waals surface area contributed by atoms with Crippen LogP contribution in [0.15, 0.2) is 42.5 Å². The smallest absolute Gasteiger partial charge is 0.323 e. The van der Waals surface area contributed by atoms with E-state index in [0.717, 1.165) is 34.7 Å². The molecule has 0 fully saturated rings. The Labute approximate surface area is 169 Å². The quantitative estimate of drug-likeness (QED) is 0.767. The molecule has 0 saturated carbocycles. The molecule has 0 spiro atoms. The topological polar surface area (TPSA) is 66.8 Å². The van der Waals surface area contributed by atoms with Gasteiger partial charge in [0.15, 0.2) is 0 Å². The van der Waals surface area contributed by atoms with Crippen molar-refractivity contribution in [3.63, 3.8) is 0 Å². The number of aliphatic carboxylic acids is 1. The van der Waals surface area contributed by atoms with Crippen LogP contribution >= 0.6 is 11.6 Å². The maximum atomic E-state index is 12.0. The van der Waals surface area contributed by atoms with Gasteiger partial charge in [-0.1, -0.05) is 35.9 Å². The van der Waals surface area contributed by atoms with Gasteiger partial charge in [-0.3, -0.25) is 9.59 Å². The Morgan fingerprint density at radius 3 is 2.54 bits per heavy atom. The number of carbonyl (C=O) groups is 2. The number of fused-ring (bicyclic) bond motifs is 1. The lowest BCUT2D eigenvalue weighted by molar-refractivity contribution is -0.143. The highest BCUT2D eigenvalue weighted by molar-refractivity contribution is 6.30. The number of hydrogen-bond acceptors (Lipinski definition) is 3. The summed E-state index contributed by atoms with van der Waals surface area (Å²) in [5.74, 6) is -0.299. The molecule has 2 aromatic carbocycles. The fourth-order valence-electron chi connectivity index (χ4n) is 3.60. The van der Waals surface area contributed by atoms with Crippen molar-refractivity contribution in [2.75, 3.05) is 13.6 Å². The largest absolute Gasteiger partial charge is 0.487 e. The number of amides is 1. The molecular formula is C22H24ClNO4. The summed E-state index contributed by atoms with van der Waals surface area (Å²) in [5, 5.41) is 9.50. The van der Waals surface area contributed by atoms with E-state index in [2.05, 4.69) is 13.0 Å². The molecule has 148 valence electrons. The van der Waals surface area contributed by atoms with E-state index < -0.39 is 5.97 Å². The zero-order chi connectivity index (χ0) is 20.3. The van der Waals surface area contributed by atoms with Gasteiger partial charge < -0.3 is 14.7 Å². The van der Waals surface area contributed by atoms with Crippen LogP contribution in [0.3, 0.4) is 0 Å². The van der Waals surface area contributed by atoms with E-state index >= 15 is 0 Å². The van der Waals surface area contributed by atoms with Gasteiger partial charge in [-0.05, 0) is 48.2 Å². The van der Waals surface area contributed by atoms with Gasteiger partial charge in [0.25, 0.3) is 0 Å². The van der Waals surface area contributed by atoms with Crippen LogP contribution in [0.25, 0.3) is 0 Å². The number of nitrogens with zero attached hydrogens (tertiary/aromatic N) is 1. The minimum Gasteiger partial charge on any atom is -0.487 e. The van der Waals surface area contributed by atoms with Crippen LogP contribution in [0.5, 0.6) is 5.75 Å². The number of carboxylic acids is 1. The lowest BCUT2D eigenvalue weighted by Crippen LogP contribution is -2.32. The second-order valence-corrected chi connectivity index (χ2v) is 8.05. The summed E-state index contributed by atoms with van der Waals surface area (Å²) in [6.07, 6.45) is 2.44. The molecule has 6 heteroatoms. The van der Waals surface area contributed by atoms with Crippen molar-refractivity contribution < 1.29 is 19.4 Å². The lowest BCUT2D eigenvalue weighted by Gasteiger charge is -2.24. The third-order valence-corrected chi connectivity index (χ3v) is 5.21. The number of hydrogen-bond donors (Lipinski definition) is 1. The fourth-order valence-corrected chi connectivity index (χ4v) is 3.72. The maximum Gasteiger partial charge on any atom is 0.323 e. The second-order valence-electron chi connectivity index (χ2n) is 7.62. The summed E-state index contributed by atoms with van der Waals surface area (Å²) in [5.41, 5.74) is 3.05. The van der Waals surface area contributed by atoms with Crippen molar-refractivity contribution in [3.05, 3.63) is 64.2 Å². The van der Waals surface area contributed by atoms with Crippen molar-refractivity contribution in [3.8, 4) is 5.75 Å². The van der Waals surface area contributed by atoms with Crippen LogP contribution in [-0.2, 0) is 28.9 Å². The van der Waals surface area contributed by atoms with E-state index in [1.165, 1.54) is 17.5 Å². The van der Waals surface area contributed by atoms with Gasteiger partial charge in [-0.25, -0.2) is 0 Å². The Morgan fingerprint density at radius 1 is 1.18 bits per heavy atom. The highest BCUT2D eigenvalue weighted by Gasteiger charge is 2.35. The Balaban J connectivity index is 1.61. The average Bonchev–Trinajstić information content (AvgIpc) is 2.96. The first-order valence-electron chi connectivity index (χ1n) is 9.25. The second kappa shape index (κ2) is 8.23. The highest BCUT2D eigenvalue weighted by Crippen LogP contribution is 2.37. The minimum absolute atomic E-state index is 0.174. The van der Waals surface area contributed by atoms with Crippen molar-refractivity contribution in [1.82, 2.24) is 4.90 Å².